The van der Waals surface area contributed by atoms with Gasteiger partial charge in [-0.15, -0.1) is 0 Å². The Balaban J connectivity index is 3.05. The van der Waals surface area contributed by atoms with Crippen LogP contribution >= 0.6 is 0 Å². The summed E-state index contributed by atoms with van der Waals surface area (Å²) in [6, 6.07) is 5.95. The highest BCUT2D eigenvalue weighted by molar-refractivity contribution is 7.89. The van der Waals surface area contributed by atoms with Crippen LogP contribution in [0.1, 0.15) is 12.5 Å². The van der Waals surface area contributed by atoms with Gasteiger partial charge in [0.25, 0.3) is 0 Å². The highest BCUT2D eigenvalue weighted by Gasteiger charge is 2.10. The predicted molar refractivity (Wildman–Crippen MR) is 64.0 cm³/mol. The maximum Gasteiger partial charge on any atom is 0.331 e. The second kappa shape index (κ2) is 5.11. The van der Waals surface area contributed by atoms with E-state index in [0.717, 1.165) is 0 Å². The summed E-state index contributed by atoms with van der Waals surface area (Å²) in [4.78, 5) is 10.7. The van der Waals surface area contributed by atoms with E-state index in [9.17, 15) is 13.2 Å². The summed E-state index contributed by atoms with van der Waals surface area (Å²) in [7, 11) is -2.12. The van der Waals surface area contributed by atoms with E-state index in [0.29, 0.717) is 5.56 Å². The largest absolute Gasteiger partial charge is 0.478 e. The van der Waals surface area contributed by atoms with Gasteiger partial charge in [-0.25, -0.2) is 17.9 Å². The number of nitrogens with one attached hydrogen (secondary N) is 1. The molecule has 0 radical (unpaired) electrons. The monoisotopic (exact) mass is 255 g/mol. The highest BCUT2D eigenvalue weighted by atomic mass is 32.2. The van der Waals surface area contributed by atoms with Gasteiger partial charge in [0.15, 0.2) is 0 Å². The van der Waals surface area contributed by atoms with E-state index in [1.807, 2.05) is 0 Å². The Morgan fingerprint density at radius 2 is 1.82 bits per heavy atom. The number of sulfonamides is 1. The normalized spacial score (nSPS) is 12.5. The molecule has 1 aromatic carbocycles. The summed E-state index contributed by atoms with van der Waals surface area (Å²) in [5, 5.41) is 8.69. The van der Waals surface area contributed by atoms with Crippen LogP contribution in [0.3, 0.4) is 0 Å². The molecule has 0 fully saturated rings. The molecule has 0 aliphatic rings. The van der Waals surface area contributed by atoms with Crippen molar-refractivity contribution in [1.29, 1.82) is 0 Å². The molecule has 2 N–H and O–H groups in total. The van der Waals surface area contributed by atoms with Crippen LogP contribution in [0, 0.1) is 0 Å². The van der Waals surface area contributed by atoms with E-state index in [-0.39, 0.29) is 10.5 Å². The lowest BCUT2D eigenvalue weighted by Crippen LogP contribution is -2.18. The average molecular weight is 255 g/mol. The third kappa shape index (κ3) is 3.40. The van der Waals surface area contributed by atoms with Gasteiger partial charge >= 0.3 is 5.97 Å². The molecule has 1 rings (SSSR count). The Labute approximate surface area is 99.8 Å². The third-order valence-corrected chi connectivity index (χ3v) is 3.61. The van der Waals surface area contributed by atoms with Crippen molar-refractivity contribution in [2.24, 2.45) is 0 Å². The molecule has 0 unspecified atom stereocenters. The lowest BCUT2D eigenvalue weighted by molar-refractivity contribution is -0.132. The van der Waals surface area contributed by atoms with Crippen LogP contribution in [0.15, 0.2) is 34.7 Å². The van der Waals surface area contributed by atoms with Gasteiger partial charge in [0, 0.05) is 5.57 Å². The standard InChI is InChI=1S/C11H13NO4S/c1-8(11(13)14)7-9-3-5-10(6-4-9)17(15,16)12-2/h3-7,12H,1-2H3,(H,13,14)/b8-7+. The van der Waals surface area contributed by atoms with Crippen LogP contribution in [-0.4, -0.2) is 26.5 Å². The average Bonchev–Trinajstić information content (AvgIpc) is 2.29. The molecule has 92 valence electrons. The first kappa shape index (κ1) is 13.4. The number of hydrogen-bond donors (Lipinski definition) is 2. The van der Waals surface area contributed by atoms with Crippen molar-refractivity contribution in [3.05, 3.63) is 35.4 Å². The molecule has 0 aliphatic carbocycles. The molecular formula is C11H13NO4S. The fourth-order valence-corrected chi connectivity index (χ4v) is 1.90. The van der Waals surface area contributed by atoms with E-state index < -0.39 is 16.0 Å². The van der Waals surface area contributed by atoms with E-state index >= 15 is 0 Å². The number of carbonyl (C=O) groups is 1. The number of carboxylic acids is 1. The SMILES string of the molecule is CNS(=O)(=O)c1ccc(/C=C(\C)C(=O)O)cc1. The summed E-state index contributed by atoms with van der Waals surface area (Å²) in [6.45, 7) is 1.47. The molecule has 0 atom stereocenters. The van der Waals surface area contributed by atoms with Crippen molar-refractivity contribution < 1.29 is 18.3 Å². The second-order valence-electron chi connectivity index (χ2n) is 3.41. The molecule has 0 aromatic heterocycles. The minimum atomic E-state index is -3.45. The molecule has 6 heteroatoms. The topological polar surface area (TPSA) is 83.5 Å². The Morgan fingerprint density at radius 3 is 2.24 bits per heavy atom. The minimum absolute atomic E-state index is 0.144. The van der Waals surface area contributed by atoms with Gasteiger partial charge < -0.3 is 5.11 Å². The summed E-state index contributed by atoms with van der Waals surface area (Å²) in [5.74, 6) is -1.00. The lowest BCUT2D eigenvalue weighted by Gasteiger charge is -2.02. The minimum Gasteiger partial charge on any atom is -0.478 e. The zero-order valence-electron chi connectivity index (χ0n) is 9.47. The Bertz CT molecular complexity index is 543. The maximum absolute atomic E-state index is 11.4. The quantitative estimate of drug-likeness (QED) is 0.789. The zero-order valence-corrected chi connectivity index (χ0v) is 10.3. The number of hydrogen-bond acceptors (Lipinski definition) is 3. The second-order valence-corrected chi connectivity index (χ2v) is 5.30. The fraction of sp³-hybridized carbons (Fsp3) is 0.182. The van der Waals surface area contributed by atoms with Gasteiger partial charge in [0.1, 0.15) is 0 Å². The van der Waals surface area contributed by atoms with Gasteiger partial charge in [0.2, 0.25) is 10.0 Å². The molecule has 1 aromatic rings. The van der Waals surface area contributed by atoms with Crippen LogP contribution in [0.25, 0.3) is 6.08 Å². The molecule has 0 heterocycles. The van der Waals surface area contributed by atoms with E-state index in [1.54, 1.807) is 12.1 Å². The smallest absolute Gasteiger partial charge is 0.331 e. The van der Waals surface area contributed by atoms with Gasteiger partial charge in [-0.3, -0.25) is 0 Å². The summed E-state index contributed by atoms with van der Waals surface area (Å²) >= 11 is 0. The van der Waals surface area contributed by atoms with Crippen LogP contribution in [0.4, 0.5) is 0 Å². The van der Waals surface area contributed by atoms with Crippen molar-refractivity contribution in [2.75, 3.05) is 7.05 Å². The molecule has 0 saturated carbocycles. The lowest BCUT2D eigenvalue weighted by atomic mass is 10.1. The van der Waals surface area contributed by atoms with Crippen molar-refractivity contribution >= 4 is 22.1 Å². The Kier molecular flexibility index (Phi) is 4.03. The highest BCUT2D eigenvalue weighted by Crippen LogP contribution is 2.12. The van der Waals surface area contributed by atoms with Crippen LogP contribution in [0.5, 0.6) is 0 Å². The number of rotatable bonds is 4. The van der Waals surface area contributed by atoms with Crippen LogP contribution in [0.2, 0.25) is 0 Å². The summed E-state index contributed by atoms with van der Waals surface area (Å²) in [5.41, 5.74) is 0.828. The number of aliphatic carboxylic acids is 1. The van der Waals surface area contributed by atoms with Crippen molar-refractivity contribution in [2.45, 2.75) is 11.8 Å². The Morgan fingerprint density at radius 1 is 1.29 bits per heavy atom. The summed E-state index contributed by atoms with van der Waals surface area (Å²) < 4.78 is 25.0. The number of benzene rings is 1. The zero-order chi connectivity index (χ0) is 13.1. The van der Waals surface area contributed by atoms with Gasteiger partial charge in [-0.05, 0) is 37.7 Å². The summed E-state index contributed by atoms with van der Waals surface area (Å²) in [6.07, 6.45) is 1.47. The molecule has 17 heavy (non-hydrogen) atoms. The predicted octanol–water partition coefficient (Wildman–Crippen LogP) is 1.08. The van der Waals surface area contributed by atoms with Crippen LogP contribution < -0.4 is 4.72 Å². The molecular weight excluding hydrogens is 242 g/mol. The van der Waals surface area contributed by atoms with Crippen molar-refractivity contribution in [3.8, 4) is 0 Å². The Hall–Kier alpha value is -1.66. The van der Waals surface area contributed by atoms with Crippen molar-refractivity contribution in [3.63, 3.8) is 0 Å². The molecule has 5 nitrogen and oxygen atoms in total. The molecule has 0 saturated heterocycles. The van der Waals surface area contributed by atoms with Gasteiger partial charge in [-0.1, -0.05) is 12.1 Å². The first-order valence-corrected chi connectivity index (χ1v) is 6.30. The van der Waals surface area contributed by atoms with Gasteiger partial charge in [-0.2, -0.15) is 0 Å². The molecule has 0 aliphatic heterocycles. The third-order valence-electron chi connectivity index (χ3n) is 2.18. The van der Waals surface area contributed by atoms with E-state index in [1.165, 1.54) is 32.2 Å². The first-order valence-electron chi connectivity index (χ1n) is 4.82. The molecule has 0 spiro atoms. The maximum atomic E-state index is 11.4. The number of carboxylic acid groups (broad SMARTS) is 1. The van der Waals surface area contributed by atoms with E-state index in [4.69, 9.17) is 5.11 Å². The van der Waals surface area contributed by atoms with Gasteiger partial charge in [0.05, 0.1) is 4.90 Å². The molecule has 0 bridgehead atoms. The van der Waals surface area contributed by atoms with Crippen LogP contribution in [-0.2, 0) is 14.8 Å². The van der Waals surface area contributed by atoms with E-state index in [2.05, 4.69) is 4.72 Å². The fourth-order valence-electron chi connectivity index (χ4n) is 1.17. The first-order chi connectivity index (χ1) is 7.86. The molecule has 0 amide bonds. The van der Waals surface area contributed by atoms with Crippen molar-refractivity contribution in [1.82, 2.24) is 4.72 Å².